The molecule has 1 aromatic carbocycles. The Morgan fingerprint density at radius 3 is 2.80 bits per heavy atom. The fourth-order valence-corrected chi connectivity index (χ4v) is 5.31. The van der Waals surface area contributed by atoms with Crippen molar-refractivity contribution in [2.24, 2.45) is 16.6 Å². The van der Waals surface area contributed by atoms with Gasteiger partial charge in [-0.15, -0.1) is 0 Å². The van der Waals surface area contributed by atoms with Gasteiger partial charge in [0.2, 0.25) is 11.9 Å². The van der Waals surface area contributed by atoms with Crippen LogP contribution in [0.1, 0.15) is 5.56 Å². The van der Waals surface area contributed by atoms with Gasteiger partial charge in [-0.2, -0.15) is 8.78 Å². The third kappa shape index (κ3) is 3.21. The summed E-state index contributed by atoms with van der Waals surface area (Å²) in [5.41, 5.74) is 7.68. The molecule has 5 rings (SSSR count). The largest absolute Gasteiger partial charge is 0.379 e. The molecule has 1 saturated heterocycles. The Bertz CT molecular complexity index is 1140. The summed E-state index contributed by atoms with van der Waals surface area (Å²) in [6.07, 6.45) is 1.43. The molecule has 2 aromatic heterocycles. The van der Waals surface area contributed by atoms with Crippen LogP contribution in [0.5, 0.6) is 0 Å². The minimum absolute atomic E-state index is 0.161. The van der Waals surface area contributed by atoms with Gasteiger partial charge in [0.25, 0.3) is 0 Å². The van der Waals surface area contributed by atoms with E-state index in [1.54, 1.807) is 24.3 Å². The number of hydrogen-bond acceptors (Lipinski definition) is 6. The zero-order valence-electron chi connectivity index (χ0n) is 16.0. The van der Waals surface area contributed by atoms with Gasteiger partial charge in [-0.3, -0.25) is 0 Å². The van der Waals surface area contributed by atoms with Crippen molar-refractivity contribution in [3.05, 3.63) is 78.3 Å². The van der Waals surface area contributed by atoms with Crippen molar-refractivity contribution in [1.82, 2.24) is 9.97 Å². The number of halogens is 2. The van der Waals surface area contributed by atoms with Gasteiger partial charge in [-0.05, 0) is 41.5 Å². The summed E-state index contributed by atoms with van der Waals surface area (Å²) in [5.74, 6) is 0.517. The SMILES string of the molecule is NC1=N[C@@]2(c3cccc(-c4cccnc4F)c3)CN(c3cccc(F)n3)C[C@H]2CS1. The van der Waals surface area contributed by atoms with Crippen molar-refractivity contribution in [3.63, 3.8) is 0 Å². The smallest absolute Gasteiger partial charge is 0.220 e. The molecule has 4 heterocycles. The quantitative estimate of drug-likeness (QED) is 0.649. The van der Waals surface area contributed by atoms with E-state index in [2.05, 4.69) is 9.97 Å². The molecule has 5 nitrogen and oxygen atoms in total. The normalized spacial score (nSPS) is 23.2. The van der Waals surface area contributed by atoms with Crippen molar-refractivity contribution in [2.45, 2.75) is 5.54 Å². The monoisotopic (exact) mass is 423 g/mol. The lowest BCUT2D eigenvalue weighted by molar-refractivity contribution is 0.388. The molecule has 8 heteroatoms. The van der Waals surface area contributed by atoms with Gasteiger partial charge in [0.05, 0.1) is 0 Å². The van der Waals surface area contributed by atoms with Gasteiger partial charge in [0, 0.05) is 36.5 Å². The van der Waals surface area contributed by atoms with Crippen LogP contribution in [0.4, 0.5) is 14.6 Å². The first-order chi connectivity index (χ1) is 14.5. The molecule has 0 unspecified atom stereocenters. The predicted molar refractivity (Wildman–Crippen MR) is 115 cm³/mol. The average molecular weight is 423 g/mol. The summed E-state index contributed by atoms with van der Waals surface area (Å²) in [4.78, 5) is 14.7. The number of hydrogen-bond donors (Lipinski definition) is 1. The molecule has 0 spiro atoms. The molecule has 2 aliphatic rings. The standard InChI is InChI=1S/C22H19F2N5S/c23-18-7-2-8-19(27-18)29-11-16-12-30-21(25)28-22(16,13-29)15-5-1-4-14(10-15)17-6-3-9-26-20(17)24/h1-10,16H,11-13H2,(H2,25,28)/t16-,22+/m0/s1. The summed E-state index contributed by atoms with van der Waals surface area (Å²) in [5, 5.41) is 0.526. The number of nitrogens with zero attached hydrogens (tertiary/aromatic N) is 4. The highest BCUT2D eigenvalue weighted by molar-refractivity contribution is 8.13. The number of thioether (sulfide) groups is 1. The molecular formula is C22H19F2N5S. The molecular weight excluding hydrogens is 404 g/mol. The molecule has 2 N–H and O–H groups in total. The molecule has 0 amide bonds. The van der Waals surface area contributed by atoms with Crippen molar-refractivity contribution < 1.29 is 8.78 Å². The Kier molecular flexibility index (Phi) is 4.66. The Hall–Kier alpha value is -3.00. The maximum absolute atomic E-state index is 14.3. The van der Waals surface area contributed by atoms with Gasteiger partial charge in [0.1, 0.15) is 11.4 Å². The fraction of sp³-hybridized carbons (Fsp3) is 0.227. The molecule has 152 valence electrons. The van der Waals surface area contributed by atoms with Crippen molar-refractivity contribution in [3.8, 4) is 11.1 Å². The van der Waals surface area contributed by atoms with Crippen LogP contribution in [-0.4, -0.2) is 34.0 Å². The average Bonchev–Trinajstić information content (AvgIpc) is 3.14. The van der Waals surface area contributed by atoms with E-state index in [4.69, 9.17) is 10.7 Å². The number of nitrogens with two attached hydrogens (primary N) is 1. The van der Waals surface area contributed by atoms with Crippen LogP contribution in [0.15, 0.2) is 65.8 Å². The lowest BCUT2D eigenvalue weighted by Gasteiger charge is -2.35. The Balaban J connectivity index is 1.59. The van der Waals surface area contributed by atoms with Crippen LogP contribution in [0.2, 0.25) is 0 Å². The predicted octanol–water partition coefficient (Wildman–Crippen LogP) is 3.82. The van der Waals surface area contributed by atoms with Crippen molar-refractivity contribution in [2.75, 3.05) is 23.7 Å². The molecule has 0 bridgehead atoms. The third-order valence-corrected chi connectivity index (χ3v) is 6.70. The maximum Gasteiger partial charge on any atom is 0.220 e. The second-order valence-electron chi connectivity index (χ2n) is 7.50. The Labute approximate surface area is 177 Å². The summed E-state index contributed by atoms with van der Waals surface area (Å²) < 4.78 is 28.0. The Morgan fingerprint density at radius 2 is 1.97 bits per heavy atom. The lowest BCUT2D eigenvalue weighted by atomic mass is 9.81. The van der Waals surface area contributed by atoms with Gasteiger partial charge in [-0.1, -0.05) is 36.0 Å². The van der Waals surface area contributed by atoms with Crippen LogP contribution in [-0.2, 0) is 5.54 Å². The van der Waals surface area contributed by atoms with E-state index < -0.39 is 17.4 Å². The first-order valence-electron chi connectivity index (χ1n) is 9.62. The van der Waals surface area contributed by atoms with Gasteiger partial charge < -0.3 is 10.6 Å². The third-order valence-electron chi connectivity index (χ3n) is 5.75. The van der Waals surface area contributed by atoms with Crippen LogP contribution >= 0.6 is 11.8 Å². The van der Waals surface area contributed by atoms with Crippen molar-refractivity contribution >= 4 is 22.7 Å². The lowest BCUT2D eigenvalue weighted by Crippen LogP contribution is -2.40. The Morgan fingerprint density at radius 1 is 1.10 bits per heavy atom. The highest BCUT2D eigenvalue weighted by atomic mass is 32.2. The van der Waals surface area contributed by atoms with E-state index in [0.29, 0.717) is 29.6 Å². The number of fused-ring (bicyclic) bond motifs is 1. The summed E-state index contributed by atoms with van der Waals surface area (Å²) >= 11 is 1.53. The van der Waals surface area contributed by atoms with Crippen LogP contribution in [0.25, 0.3) is 11.1 Å². The van der Waals surface area contributed by atoms with Crippen LogP contribution < -0.4 is 10.6 Å². The number of aliphatic imine (C=N–C) groups is 1. The first kappa shape index (κ1) is 19.0. The van der Waals surface area contributed by atoms with Gasteiger partial charge in [0.15, 0.2) is 5.17 Å². The molecule has 3 aromatic rings. The second-order valence-corrected chi connectivity index (χ2v) is 8.54. The van der Waals surface area contributed by atoms with Crippen LogP contribution in [0, 0.1) is 17.8 Å². The second kappa shape index (κ2) is 7.36. The van der Waals surface area contributed by atoms with E-state index in [0.717, 1.165) is 16.9 Å². The number of rotatable bonds is 3. The van der Waals surface area contributed by atoms with Crippen molar-refractivity contribution in [1.29, 1.82) is 0 Å². The summed E-state index contributed by atoms with van der Waals surface area (Å²) in [6, 6.07) is 15.9. The number of aromatic nitrogens is 2. The number of amidine groups is 1. The first-order valence-corrected chi connectivity index (χ1v) is 10.6. The fourth-order valence-electron chi connectivity index (χ4n) is 4.33. The molecule has 2 aliphatic heterocycles. The molecule has 0 saturated carbocycles. The molecule has 0 aliphatic carbocycles. The molecule has 2 atom stereocenters. The highest BCUT2D eigenvalue weighted by Crippen LogP contribution is 2.47. The van der Waals surface area contributed by atoms with E-state index >= 15 is 0 Å². The van der Waals surface area contributed by atoms with E-state index in [-0.39, 0.29) is 5.92 Å². The maximum atomic E-state index is 14.3. The molecule has 0 radical (unpaired) electrons. The van der Waals surface area contributed by atoms with E-state index in [9.17, 15) is 8.78 Å². The number of benzene rings is 1. The summed E-state index contributed by atoms with van der Waals surface area (Å²) in [7, 11) is 0. The molecule has 30 heavy (non-hydrogen) atoms. The number of pyridine rings is 2. The van der Waals surface area contributed by atoms with Gasteiger partial charge >= 0.3 is 0 Å². The minimum atomic E-state index is -0.599. The van der Waals surface area contributed by atoms with E-state index in [1.807, 2.05) is 29.2 Å². The van der Waals surface area contributed by atoms with E-state index in [1.165, 1.54) is 24.0 Å². The topological polar surface area (TPSA) is 67.4 Å². The van der Waals surface area contributed by atoms with Gasteiger partial charge in [-0.25, -0.2) is 15.0 Å². The number of anilines is 1. The highest BCUT2D eigenvalue weighted by Gasteiger charge is 2.50. The molecule has 1 fully saturated rings. The zero-order chi connectivity index (χ0) is 20.7. The van der Waals surface area contributed by atoms with Crippen LogP contribution in [0.3, 0.4) is 0 Å². The summed E-state index contributed by atoms with van der Waals surface area (Å²) in [6.45, 7) is 1.21. The zero-order valence-corrected chi connectivity index (χ0v) is 16.8. The minimum Gasteiger partial charge on any atom is -0.379 e.